The summed E-state index contributed by atoms with van der Waals surface area (Å²) in [5, 5.41) is 26.6. The molecule has 4 aliphatic rings. The molecule has 2 aromatic rings. The number of nitrogens with one attached hydrogen (secondary N) is 2. The van der Waals surface area contributed by atoms with Crippen molar-refractivity contribution >= 4 is 34.9 Å². The van der Waals surface area contributed by atoms with E-state index in [1.165, 1.54) is 10.9 Å². The van der Waals surface area contributed by atoms with Crippen LogP contribution in [0.25, 0.3) is 11.2 Å². The molecule has 39 heavy (non-hydrogen) atoms. The van der Waals surface area contributed by atoms with Gasteiger partial charge in [0.2, 0.25) is 5.91 Å². The summed E-state index contributed by atoms with van der Waals surface area (Å²) < 4.78 is 12.6. The van der Waals surface area contributed by atoms with Gasteiger partial charge in [-0.25, -0.2) is 19.7 Å². The van der Waals surface area contributed by atoms with E-state index in [1.807, 2.05) is 0 Å². The highest BCUT2D eigenvalue weighted by Gasteiger charge is 2.48. The Morgan fingerprint density at radius 3 is 2.62 bits per heavy atom. The maximum Gasteiger partial charge on any atom is 0.411 e. The van der Waals surface area contributed by atoms with Crippen molar-refractivity contribution in [2.24, 2.45) is 5.92 Å². The molecular weight excluding hydrogens is 512 g/mol. The Hall–Kier alpha value is -3.56. The molecule has 5 atom stereocenters. The Labute approximate surface area is 223 Å². The third-order valence-corrected chi connectivity index (χ3v) is 7.73. The summed E-state index contributed by atoms with van der Waals surface area (Å²) in [7, 11) is 0. The molecule has 3 unspecified atom stereocenters. The largest absolute Gasteiger partial charge is 0.425 e. The topological polar surface area (TPSA) is 207 Å². The summed E-state index contributed by atoms with van der Waals surface area (Å²) in [6.45, 7) is 1.01. The molecule has 3 aliphatic heterocycles. The quantitative estimate of drug-likeness (QED) is 0.296. The lowest BCUT2D eigenvalue weighted by Crippen LogP contribution is -2.43. The number of nitrogens with two attached hydrogens (primary N) is 1. The molecule has 1 saturated carbocycles. The number of hydrogen-bond acceptors (Lipinski definition) is 11. The van der Waals surface area contributed by atoms with Crippen LogP contribution in [-0.4, -0.2) is 96.2 Å². The van der Waals surface area contributed by atoms with Crippen molar-refractivity contribution in [2.45, 2.75) is 81.8 Å². The number of carbonyl (C=O) groups excluding carboxylic acids is 3. The molecule has 2 aromatic heterocycles. The zero-order valence-electron chi connectivity index (χ0n) is 21.2. The van der Waals surface area contributed by atoms with Crippen molar-refractivity contribution in [3.05, 3.63) is 12.2 Å². The van der Waals surface area contributed by atoms with Crippen LogP contribution in [0.4, 0.5) is 10.6 Å². The highest BCUT2D eigenvalue weighted by Crippen LogP contribution is 2.33. The number of aliphatic hydroxyl groups is 2. The van der Waals surface area contributed by atoms with Gasteiger partial charge < -0.3 is 41.0 Å². The SMILES string of the molecule is Nc1nc(CC2CCN(C(=O)OC3CCC(=O)N3)CC2)nc2c1ncn2[C@@H]1O[C@H](C(=O)NC2CC2)C(O)C1O. The monoisotopic (exact) mass is 544 g/mol. The normalized spacial score (nSPS) is 29.5. The molecule has 0 spiro atoms. The number of anilines is 1. The van der Waals surface area contributed by atoms with Crippen molar-refractivity contribution in [1.82, 2.24) is 35.1 Å². The zero-order valence-corrected chi connectivity index (χ0v) is 21.2. The molecule has 5 heterocycles. The average molecular weight is 545 g/mol. The van der Waals surface area contributed by atoms with Crippen LogP contribution in [0.5, 0.6) is 0 Å². The summed E-state index contributed by atoms with van der Waals surface area (Å²) >= 11 is 0. The number of rotatable bonds is 6. The van der Waals surface area contributed by atoms with Gasteiger partial charge in [-0.15, -0.1) is 0 Å². The number of nitrogen functional groups attached to an aromatic ring is 1. The Morgan fingerprint density at radius 1 is 1.15 bits per heavy atom. The number of aromatic nitrogens is 4. The first-order chi connectivity index (χ1) is 18.8. The molecule has 4 fully saturated rings. The number of likely N-dealkylation sites (tertiary alicyclic amines) is 1. The Kier molecular flexibility index (Phi) is 6.72. The fourth-order valence-corrected chi connectivity index (χ4v) is 5.33. The smallest absolute Gasteiger partial charge is 0.411 e. The standard InChI is InChI=1S/C24H32N8O7/c25-20-16-21(32(10-26-16)23-18(35)17(34)19(39-23)22(36)27-12-1-2-12)29-13(28-20)9-11-5-7-31(8-6-11)24(37)38-15-4-3-14(33)30-15/h10-12,15,17-19,23,34-35H,1-9H2,(H,27,36)(H,30,33)(H2,25,28,29)/t15?,17?,18?,19-,23+/m0/s1. The lowest BCUT2D eigenvalue weighted by Gasteiger charge is -2.31. The fraction of sp³-hybridized carbons (Fsp3) is 0.667. The first-order valence-electron chi connectivity index (χ1n) is 13.3. The van der Waals surface area contributed by atoms with Crippen molar-refractivity contribution in [2.75, 3.05) is 18.8 Å². The summed E-state index contributed by atoms with van der Waals surface area (Å²) in [4.78, 5) is 51.2. The molecule has 1 aliphatic carbocycles. The lowest BCUT2D eigenvalue weighted by molar-refractivity contribution is -0.137. The van der Waals surface area contributed by atoms with Crippen LogP contribution in [0.2, 0.25) is 0 Å². The summed E-state index contributed by atoms with van der Waals surface area (Å²) in [6.07, 6.45) is -0.158. The molecule has 6 rings (SSSR count). The highest BCUT2D eigenvalue weighted by molar-refractivity contribution is 5.83. The number of nitrogens with zero attached hydrogens (tertiary/aromatic N) is 5. The van der Waals surface area contributed by atoms with E-state index in [1.54, 1.807) is 4.90 Å². The molecule has 0 aromatic carbocycles. The molecular formula is C24H32N8O7. The van der Waals surface area contributed by atoms with Gasteiger partial charge in [0.1, 0.15) is 23.5 Å². The predicted octanol–water partition coefficient (Wildman–Crippen LogP) is -1.07. The van der Waals surface area contributed by atoms with Gasteiger partial charge in [-0.05, 0) is 31.6 Å². The molecule has 3 saturated heterocycles. The maximum absolute atomic E-state index is 12.5. The number of piperidine rings is 1. The van der Waals surface area contributed by atoms with Crippen molar-refractivity contribution in [3.63, 3.8) is 0 Å². The number of carbonyl (C=O) groups is 3. The summed E-state index contributed by atoms with van der Waals surface area (Å²) in [6, 6.07) is 0.0844. The number of hydrogen-bond donors (Lipinski definition) is 5. The maximum atomic E-state index is 12.5. The summed E-state index contributed by atoms with van der Waals surface area (Å²) in [5.41, 5.74) is 6.84. The molecule has 15 heteroatoms. The van der Waals surface area contributed by atoms with E-state index in [0.717, 1.165) is 12.8 Å². The molecule has 6 N–H and O–H groups in total. The Morgan fingerprint density at radius 2 is 1.92 bits per heavy atom. The average Bonchev–Trinajstić information content (AvgIpc) is 3.34. The highest BCUT2D eigenvalue weighted by atomic mass is 16.6. The number of aliphatic hydroxyl groups excluding tert-OH is 2. The predicted molar refractivity (Wildman–Crippen MR) is 132 cm³/mol. The molecule has 3 amide bonds. The van der Waals surface area contributed by atoms with Gasteiger partial charge >= 0.3 is 6.09 Å². The van der Waals surface area contributed by atoms with Crippen molar-refractivity contribution < 1.29 is 34.1 Å². The third kappa shape index (κ3) is 5.21. The van der Waals surface area contributed by atoms with Crippen LogP contribution >= 0.6 is 0 Å². The number of imidazole rings is 1. The van der Waals surface area contributed by atoms with Crippen molar-refractivity contribution in [1.29, 1.82) is 0 Å². The van der Waals surface area contributed by atoms with Crippen LogP contribution in [0.1, 0.15) is 50.6 Å². The van der Waals surface area contributed by atoms with Gasteiger partial charge in [0.15, 0.2) is 30.0 Å². The van der Waals surface area contributed by atoms with E-state index >= 15 is 0 Å². The molecule has 0 radical (unpaired) electrons. The van der Waals surface area contributed by atoms with Crippen LogP contribution < -0.4 is 16.4 Å². The number of amides is 3. The molecule has 15 nitrogen and oxygen atoms in total. The third-order valence-electron chi connectivity index (χ3n) is 7.73. The van der Waals surface area contributed by atoms with Gasteiger partial charge in [-0.3, -0.25) is 14.2 Å². The second kappa shape index (κ2) is 10.2. The lowest BCUT2D eigenvalue weighted by atomic mass is 9.93. The van der Waals surface area contributed by atoms with E-state index in [-0.39, 0.29) is 23.7 Å². The minimum Gasteiger partial charge on any atom is -0.425 e. The van der Waals surface area contributed by atoms with Gasteiger partial charge in [0, 0.05) is 38.4 Å². The van der Waals surface area contributed by atoms with E-state index < -0.39 is 42.8 Å². The Balaban J connectivity index is 1.11. The van der Waals surface area contributed by atoms with E-state index in [2.05, 4.69) is 25.6 Å². The van der Waals surface area contributed by atoms with Crippen molar-refractivity contribution in [3.8, 4) is 0 Å². The first kappa shape index (κ1) is 25.7. The van der Waals surface area contributed by atoms with Crippen LogP contribution in [0, 0.1) is 5.92 Å². The summed E-state index contributed by atoms with van der Waals surface area (Å²) in [5.74, 6) is 0.262. The van der Waals surface area contributed by atoms with Crippen LogP contribution in [0.3, 0.4) is 0 Å². The minimum atomic E-state index is -1.41. The molecule has 210 valence electrons. The minimum absolute atomic E-state index is 0.0844. The number of ether oxygens (including phenoxy) is 2. The first-order valence-corrected chi connectivity index (χ1v) is 13.3. The Bertz CT molecular complexity index is 1270. The zero-order chi connectivity index (χ0) is 27.3. The van der Waals surface area contributed by atoms with E-state index in [9.17, 15) is 24.6 Å². The number of fused-ring (bicyclic) bond motifs is 1. The molecule has 0 bridgehead atoms. The van der Waals surface area contributed by atoms with E-state index in [4.69, 9.17) is 15.2 Å². The van der Waals surface area contributed by atoms with Crippen LogP contribution in [-0.2, 0) is 25.5 Å². The van der Waals surface area contributed by atoms with Gasteiger partial charge in [-0.1, -0.05) is 0 Å². The van der Waals surface area contributed by atoms with Crippen LogP contribution in [0.15, 0.2) is 6.33 Å². The second-order valence-electron chi connectivity index (χ2n) is 10.7. The van der Waals surface area contributed by atoms with Gasteiger partial charge in [0.05, 0.1) is 6.33 Å². The van der Waals surface area contributed by atoms with Gasteiger partial charge in [0.25, 0.3) is 5.91 Å². The van der Waals surface area contributed by atoms with Gasteiger partial charge in [-0.2, -0.15) is 0 Å². The second-order valence-corrected chi connectivity index (χ2v) is 10.7. The van der Waals surface area contributed by atoms with E-state index in [0.29, 0.717) is 62.2 Å². The fourth-order valence-electron chi connectivity index (χ4n) is 5.33.